The minimum absolute atomic E-state index is 0.0662. The third-order valence-corrected chi connectivity index (χ3v) is 5.32. The lowest BCUT2D eigenvalue weighted by atomic mass is 9.88. The maximum absolute atomic E-state index is 12.2. The number of aromatic nitrogens is 6. The zero-order chi connectivity index (χ0) is 22.6. The minimum Gasteiger partial charge on any atom is -0.464 e. The molecular formula is C22H21N7O3. The van der Waals surface area contributed by atoms with Gasteiger partial charge in [0.2, 0.25) is 5.95 Å². The van der Waals surface area contributed by atoms with Crippen molar-refractivity contribution in [3.05, 3.63) is 53.9 Å². The summed E-state index contributed by atoms with van der Waals surface area (Å²) in [6, 6.07) is 10.9. The van der Waals surface area contributed by atoms with Gasteiger partial charge in [-0.15, -0.1) is 5.10 Å². The summed E-state index contributed by atoms with van der Waals surface area (Å²) in [7, 11) is 0. The van der Waals surface area contributed by atoms with Crippen molar-refractivity contribution in [2.75, 3.05) is 5.73 Å². The second kappa shape index (κ2) is 6.91. The number of nitrogen functional groups attached to an aromatic ring is 1. The fraction of sp³-hybridized carbons (Fsp3) is 0.227. The summed E-state index contributed by atoms with van der Waals surface area (Å²) in [6.45, 7) is 6.22. The van der Waals surface area contributed by atoms with Crippen LogP contribution in [0.1, 0.15) is 32.0 Å². The molecule has 0 amide bonds. The quantitative estimate of drug-likeness (QED) is 0.439. The maximum atomic E-state index is 12.2. The molecule has 5 aromatic rings. The van der Waals surface area contributed by atoms with Crippen LogP contribution in [0.2, 0.25) is 0 Å². The van der Waals surface area contributed by atoms with Gasteiger partial charge in [0.05, 0.1) is 18.3 Å². The molecule has 0 saturated heterocycles. The number of carboxylic acid groups (broad SMARTS) is 1. The van der Waals surface area contributed by atoms with Crippen molar-refractivity contribution in [3.63, 3.8) is 0 Å². The number of benzene rings is 1. The van der Waals surface area contributed by atoms with Gasteiger partial charge in [0, 0.05) is 22.1 Å². The first-order valence-electron chi connectivity index (χ1n) is 10.0. The van der Waals surface area contributed by atoms with Gasteiger partial charge >= 0.3 is 6.09 Å². The van der Waals surface area contributed by atoms with Crippen LogP contribution in [0.3, 0.4) is 0 Å². The molecule has 0 saturated carbocycles. The summed E-state index contributed by atoms with van der Waals surface area (Å²) in [4.78, 5) is 20.8. The molecule has 0 aliphatic rings. The predicted octanol–water partition coefficient (Wildman–Crippen LogP) is 3.89. The standard InChI is InChI=1S/C22H21N7O3/c1-22(2,3)18-13(12-7-4-5-8-14(12)29(18)21(30)31)11-28-19-17(26-27-28)16(24-20(23)25-19)15-9-6-10-32-15/h4-10H,11H2,1-3H3,(H,30,31)(H2,23,24,25). The predicted molar refractivity (Wildman–Crippen MR) is 118 cm³/mol. The highest BCUT2D eigenvalue weighted by molar-refractivity contribution is 5.94. The number of nitrogens with two attached hydrogens (primary N) is 1. The van der Waals surface area contributed by atoms with E-state index in [0.29, 0.717) is 33.8 Å². The lowest BCUT2D eigenvalue weighted by molar-refractivity contribution is 0.195. The molecule has 0 unspecified atom stereocenters. The van der Waals surface area contributed by atoms with Crippen LogP contribution in [0.5, 0.6) is 0 Å². The molecule has 4 aromatic heterocycles. The van der Waals surface area contributed by atoms with Gasteiger partial charge in [-0.05, 0) is 18.2 Å². The average molecular weight is 431 g/mol. The minimum atomic E-state index is -1.03. The Morgan fingerprint density at radius 3 is 2.62 bits per heavy atom. The molecule has 0 aliphatic heterocycles. The molecule has 0 atom stereocenters. The molecule has 162 valence electrons. The van der Waals surface area contributed by atoms with Gasteiger partial charge in [0.15, 0.2) is 16.9 Å². The van der Waals surface area contributed by atoms with E-state index < -0.39 is 11.5 Å². The third kappa shape index (κ3) is 2.99. The van der Waals surface area contributed by atoms with Crippen LogP contribution >= 0.6 is 0 Å². The summed E-state index contributed by atoms with van der Waals surface area (Å²) >= 11 is 0. The molecule has 0 aliphatic carbocycles. The largest absolute Gasteiger partial charge is 0.464 e. The van der Waals surface area contributed by atoms with Gasteiger partial charge in [0.1, 0.15) is 5.69 Å². The summed E-state index contributed by atoms with van der Waals surface area (Å²) in [5, 5.41) is 19.4. The molecule has 5 rings (SSSR count). The number of hydrogen-bond donors (Lipinski definition) is 2. The van der Waals surface area contributed by atoms with Crippen molar-refractivity contribution in [3.8, 4) is 11.5 Å². The molecule has 0 fully saturated rings. The van der Waals surface area contributed by atoms with E-state index >= 15 is 0 Å². The van der Waals surface area contributed by atoms with Crippen LogP contribution in [0.4, 0.5) is 10.7 Å². The number of carbonyl (C=O) groups is 1. The number of rotatable bonds is 3. The van der Waals surface area contributed by atoms with E-state index in [0.717, 1.165) is 10.9 Å². The molecule has 3 N–H and O–H groups in total. The summed E-state index contributed by atoms with van der Waals surface area (Å²) in [5.74, 6) is 0.575. The Labute approximate surface area is 182 Å². The van der Waals surface area contributed by atoms with E-state index in [1.54, 1.807) is 29.1 Å². The SMILES string of the molecule is CC(C)(C)c1c(Cn2nnc3c(-c4ccco4)nc(N)nc32)c2ccccc2n1C(=O)O. The highest BCUT2D eigenvalue weighted by Gasteiger charge is 2.30. The van der Waals surface area contributed by atoms with E-state index in [4.69, 9.17) is 10.2 Å². The Morgan fingerprint density at radius 1 is 1.16 bits per heavy atom. The maximum Gasteiger partial charge on any atom is 0.416 e. The number of nitrogens with zero attached hydrogens (tertiary/aromatic N) is 6. The molecule has 0 bridgehead atoms. The molecular weight excluding hydrogens is 410 g/mol. The van der Waals surface area contributed by atoms with E-state index in [1.807, 2.05) is 39.0 Å². The smallest absolute Gasteiger partial charge is 0.416 e. The van der Waals surface area contributed by atoms with Crippen molar-refractivity contribution in [2.45, 2.75) is 32.7 Å². The normalized spacial score (nSPS) is 12.1. The Kier molecular flexibility index (Phi) is 4.26. The van der Waals surface area contributed by atoms with Crippen LogP contribution in [0.15, 0.2) is 47.1 Å². The first-order chi connectivity index (χ1) is 15.3. The van der Waals surface area contributed by atoms with Crippen LogP contribution in [0.25, 0.3) is 33.5 Å². The van der Waals surface area contributed by atoms with Gasteiger partial charge in [-0.1, -0.05) is 44.2 Å². The first kappa shape index (κ1) is 19.7. The van der Waals surface area contributed by atoms with Crippen molar-refractivity contribution >= 4 is 34.1 Å². The Balaban J connectivity index is 1.75. The molecule has 10 heteroatoms. The molecule has 10 nitrogen and oxygen atoms in total. The fourth-order valence-corrected chi connectivity index (χ4v) is 4.17. The topological polar surface area (TPSA) is 138 Å². The Bertz CT molecular complexity index is 1470. The number of fused-ring (bicyclic) bond motifs is 2. The lowest BCUT2D eigenvalue weighted by Crippen LogP contribution is -2.24. The van der Waals surface area contributed by atoms with Crippen LogP contribution in [0, 0.1) is 0 Å². The average Bonchev–Trinajstić information content (AvgIpc) is 3.46. The molecule has 0 radical (unpaired) electrons. The summed E-state index contributed by atoms with van der Waals surface area (Å²) in [5.41, 5.74) is 9.00. The number of anilines is 1. The van der Waals surface area contributed by atoms with E-state index in [1.165, 1.54) is 4.57 Å². The van der Waals surface area contributed by atoms with Gasteiger partial charge < -0.3 is 15.3 Å². The van der Waals surface area contributed by atoms with Crippen LogP contribution in [-0.2, 0) is 12.0 Å². The summed E-state index contributed by atoms with van der Waals surface area (Å²) in [6.07, 6.45) is 0.507. The van der Waals surface area contributed by atoms with Crippen LogP contribution in [-0.4, -0.2) is 40.7 Å². The van der Waals surface area contributed by atoms with Gasteiger partial charge in [-0.3, -0.25) is 0 Å². The van der Waals surface area contributed by atoms with Crippen LogP contribution < -0.4 is 5.73 Å². The Hall–Kier alpha value is -4.21. The monoisotopic (exact) mass is 431 g/mol. The molecule has 4 heterocycles. The zero-order valence-corrected chi connectivity index (χ0v) is 17.8. The van der Waals surface area contributed by atoms with E-state index in [9.17, 15) is 9.90 Å². The first-order valence-corrected chi connectivity index (χ1v) is 10.0. The van der Waals surface area contributed by atoms with Gasteiger partial charge in [-0.2, -0.15) is 4.98 Å². The molecule has 1 aromatic carbocycles. The summed E-state index contributed by atoms with van der Waals surface area (Å²) < 4.78 is 8.43. The Morgan fingerprint density at radius 2 is 1.94 bits per heavy atom. The molecule has 32 heavy (non-hydrogen) atoms. The van der Waals surface area contributed by atoms with E-state index in [-0.39, 0.29) is 12.5 Å². The van der Waals surface area contributed by atoms with Crippen molar-refractivity contribution in [1.29, 1.82) is 0 Å². The van der Waals surface area contributed by atoms with Crippen molar-refractivity contribution < 1.29 is 14.3 Å². The highest BCUT2D eigenvalue weighted by Crippen LogP contribution is 2.35. The second-order valence-corrected chi connectivity index (χ2v) is 8.54. The van der Waals surface area contributed by atoms with Crippen molar-refractivity contribution in [2.24, 2.45) is 0 Å². The van der Waals surface area contributed by atoms with Gasteiger partial charge in [0.25, 0.3) is 0 Å². The zero-order valence-electron chi connectivity index (χ0n) is 17.8. The molecule has 0 spiro atoms. The van der Waals surface area contributed by atoms with Gasteiger partial charge in [-0.25, -0.2) is 19.0 Å². The number of para-hydroxylation sites is 1. The number of hydrogen-bond acceptors (Lipinski definition) is 7. The highest BCUT2D eigenvalue weighted by atomic mass is 16.4. The fourth-order valence-electron chi connectivity index (χ4n) is 4.17. The lowest BCUT2D eigenvalue weighted by Gasteiger charge is -2.22. The second-order valence-electron chi connectivity index (χ2n) is 8.54. The van der Waals surface area contributed by atoms with Crippen molar-refractivity contribution in [1.82, 2.24) is 29.5 Å². The van der Waals surface area contributed by atoms with E-state index in [2.05, 4.69) is 20.3 Å². The number of furan rings is 1. The third-order valence-electron chi connectivity index (χ3n) is 5.32.